The first-order chi connectivity index (χ1) is 25.8. The van der Waals surface area contributed by atoms with Gasteiger partial charge >= 0.3 is 11.9 Å². The van der Waals surface area contributed by atoms with Gasteiger partial charge in [-0.25, -0.2) is 4.79 Å². The summed E-state index contributed by atoms with van der Waals surface area (Å²) in [6.07, 6.45) is 14.3. The van der Waals surface area contributed by atoms with Crippen molar-refractivity contribution in [1.29, 1.82) is 0 Å². The summed E-state index contributed by atoms with van der Waals surface area (Å²) in [5.41, 5.74) is -0.141. The van der Waals surface area contributed by atoms with Gasteiger partial charge < -0.3 is 29.6 Å². The van der Waals surface area contributed by atoms with Gasteiger partial charge in [-0.2, -0.15) is 0 Å². The Balaban J connectivity index is 3.15. The normalized spacial score (nSPS) is 12.9. The lowest BCUT2D eigenvalue weighted by molar-refractivity contribution is -0.164. The highest BCUT2D eigenvalue weighted by molar-refractivity contribution is 5.92. The summed E-state index contributed by atoms with van der Waals surface area (Å²) in [5.74, 6) is 1.79. The van der Waals surface area contributed by atoms with Crippen LogP contribution in [0, 0.1) is 23.7 Å². The summed E-state index contributed by atoms with van der Waals surface area (Å²) < 4.78 is 21.4. The highest BCUT2D eigenvalue weighted by Gasteiger charge is 2.38. The van der Waals surface area contributed by atoms with E-state index in [0.717, 1.165) is 44.1 Å². The third kappa shape index (κ3) is 22.1. The smallest absolute Gasteiger partial charge is 0.328 e. The Morgan fingerprint density at radius 1 is 0.870 bits per heavy atom. The molecule has 302 valence electrons. The van der Waals surface area contributed by atoms with E-state index in [1.807, 2.05) is 6.08 Å². The van der Waals surface area contributed by atoms with Crippen molar-refractivity contribution in [2.75, 3.05) is 34.0 Å². The Hall–Kier alpha value is -4.17. The second kappa shape index (κ2) is 28.3. The molecule has 0 radical (unpaired) electrons. The number of allylic oxidation sites excluding steroid dienone is 1. The minimum atomic E-state index is -1.18. The Labute approximate surface area is 324 Å². The van der Waals surface area contributed by atoms with Gasteiger partial charge in [0.15, 0.2) is 0 Å². The highest BCUT2D eigenvalue weighted by atomic mass is 16.6. The SMILES string of the molecule is CC#CCOc1ccc(C[C@H](NC(=O)[C@@H](C=CCCCCCCC(=O)CCCCCCC)[C@@H](CC(=O)NCCOC)C(=O)OC(C)(C)C)C(=O)OC)cc1. The third-order valence-corrected chi connectivity index (χ3v) is 8.61. The fourth-order valence-corrected chi connectivity index (χ4v) is 5.69. The van der Waals surface area contributed by atoms with Crippen molar-refractivity contribution in [1.82, 2.24) is 10.6 Å². The number of hydrogen-bond acceptors (Lipinski definition) is 9. The summed E-state index contributed by atoms with van der Waals surface area (Å²) in [6.45, 7) is 9.81. The lowest BCUT2D eigenvalue weighted by Crippen LogP contribution is -2.48. The molecule has 0 spiro atoms. The zero-order valence-electron chi connectivity index (χ0n) is 33.9. The number of hydrogen-bond donors (Lipinski definition) is 2. The zero-order valence-corrected chi connectivity index (χ0v) is 33.9. The monoisotopic (exact) mass is 754 g/mol. The van der Waals surface area contributed by atoms with Gasteiger partial charge in [-0.05, 0) is 71.1 Å². The summed E-state index contributed by atoms with van der Waals surface area (Å²) in [4.78, 5) is 66.0. The molecule has 0 aliphatic heterocycles. The largest absolute Gasteiger partial charge is 0.481 e. The van der Waals surface area contributed by atoms with E-state index >= 15 is 0 Å². The van der Waals surface area contributed by atoms with Crippen LogP contribution in [0.2, 0.25) is 0 Å². The average molecular weight is 755 g/mol. The predicted octanol–water partition coefficient (Wildman–Crippen LogP) is 6.84. The van der Waals surface area contributed by atoms with Crippen molar-refractivity contribution in [2.24, 2.45) is 11.8 Å². The van der Waals surface area contributed by atoms with Crippen LogP contribution in [0.5, 0.6) is 5.75 Å². The highest BCUT2D eigenvalue weighted by Crippen LogP contribution is 2.25. The van der Waals surface area contributed by atoms with Gasteiger partial charge in [-0.1, -0.05) is 75.7 Å². The van der Waals surface area contributed by atoms with Gasteiger partial charge in [0, 0.05) is 39.3 Å². The number of rotatable bonds is 28. The van der Waals surface area contributed by atoms with E-state index in [0.29, 0.717) is 30.8 Å². The maximum atomic E-state index is 14.1. The van der Waals surface area contributed by atoms with E-state index in [4.69, 9.17) is 18.9 Å². The van der Waals surface area contributed by atoms with Crippen LogP contribution in [0.15, 0.2) is 36.4 Å². The molecule has 0 saturated heterocycles. The fourth-order valence-electron chi connectivity index (χ4n) is 5.69. The first-order valence-electron chi connectivity index (χ1n) is 19.5. The molecule has 1 rings (SSSR count). The number of nitrogens with one attached hydrogen (secondary N) is 2. The molecule has 1 aromatic carbocycles. The lowest BCUT2D eigenvalue weighted by atomic mass is 9.86. The van der Waals surface area contributed by atoms with Crippen molar-refractivity contribution in [3.05, 3.63) is 42.0 Å². The van der Waals surface area contributed by atoms with E-state index in [9.17, 15) is 24.0 Å². The Morgan fingerprint density at radius 3 is 2.11 bits per heavy atom. The number of carbonyl (C=O) groups is 5. The van der Waals surface area contributed by atoms with E-state index in [1.165, 1.54) is 33.5 Å². The molecule has 11 nitrogen and oxygen atoms in total. The van der Waals surface area contributed by atoms with Gasteiger partial charge in [0.2, 0.25) is 11.8 Å². The topological polar surface area (TPSA) is 146 Å². The van der Waals surface area contributed by atoms with Crippen LogP contribution in [0.4, 0.5) is 0 Å². The Bertz CT molecular complexity index is 1360. The molecule has 3 atom stereocenters. The van der Waals surface area contributed by atoms with Gasteiger partial charge in [0.25, 0.3) is 0 Å². The van der Waals surface area contributed by atoms with Crippen molar-refractivity contribution < 1.29 is 42.9 Å². The van der Waals surface area contributed by atoms with Crippen LogP contribution < -0.4 is 15.4 Å². The molecule has 0 fully saturated rings. The van der Waals surface area contributed by atoms with Gasteiger partial charge in [-0.3, -0.25) is 19.2 Å². The summed E-state index contributed by atoms with van der Waals surface area (Å²) in [7, 11) is 2.75. The third-order valence-electron chi connectivity index (χ3n) is 8.61. The second-order valence-corrected chi connectivity index (χ2v) is 14.4. The standard InChI is InChI=1S/C43H66N2O9/c1-8-10-12-15-18-21-34(46)22-19-16-13-14-17-20-23-36(37(41(49)54-43(3,4)5)32-39(47)44-28-30-51-6)40(48)45-38(42(50)52-7)31-33-24-26-35(27-25-33)53-29-11-9-2/h20,23-27,36-38H,8,10,12-19,21-22,28-32H2,1-7H3,(H,44,47)(H,45,48)/t36-,37+,38-/m0/s1. The molecule has 54 heavy (non-hydrogen) atoms. The molecule has 0 aliphatic rings. The molecular formula is C43H66N2O9. The van der Waals surface area contributed by atoms with E-state index < -0.39 is 47.2 Å². The van der Waals surface area contributed by atoms with Crippen molar-refractivity contribution in [3.63, 3.8) is 0 Å². The maximum Gasteiger partial charge on any atom is 0.328 e. The number of benzene rings is 1. The molecule has 0 saturated carbocycles. The number of ether oxygens (including phenoxy) is 4. The molecule has 0 heterocycles. The predicted molar refractivity (Wildman–Crippen MR) is 211 cm³/mol. The minimum Gasteiger partial charge on any atom is -0.481 e. The summed E-state index contributed by atoms with van der Waals surface area (Å²) >= 11 is 0. The number of carbonyl (C=O) groups excluding carboxylic acids is 5. The number of amides is 2. The van der Waals surface area contributed by atoms with Gasteiger partial charge in [0.05, 0.1) is 25.6 Å². The summed E-state index contributed by atoms with van der Waals surface area (Å²) in [6, 6.07) is 6.00. The molecule has 0 bridgehead atoms. The van der Waals surface area contributed by atoms with E-state index in [2.05, 4.69) is 29.4 Å². The minimum absolute atomic E-state index is 0.111. The number of ketones is 1. The Morgan fingerprint density at radius 2 is 1.52 bits per heavy atom. The summed E-state index contributed by atoms with van der Waals surface area (Å²) in [5, 5.41) is 5.52. The molecule has 0 aliphatic carbocycles. The average Bonchev–Trinajstić information content (AvgIpc) is 3.13. The number of methoxy groups -OCH3 is 2. The Kier molecular flexibility index (Phi) is 25.1. The molecule has 2 N–H and O–H groups in total. The molecule has 0 unspecified atom stereocenters. The second-order valence-electron chi connectivity index (χ2n) is 14.4. The van der Waals surface area contributed by atoms with Gasteiger partial charge in [0.1, 0.15) is 29.8 Å². The first kappa shape index (κ1) is 47.9. The van der Waals surface area contributed by atoms with E-state index in [1.54, 1.807) is 58.0 Å². The van der Waals surface area contributed by atoms with Crippen molar-refractivity contribution >= 4 is 29.5 Å². The van der Waals surface area contributed by atoms with Crippen molar-refractivity contribution in [3.8, 4) is 17.6 Å². The molecule has 2 amide bonds. The van der Waals surface area contributed by atoms with E-state index in [-0.39, 0.29) is 32.6 Å². The van der Waals surface area contributed by atoms with Crippen LogP contribution in [-0.2, 0) is 44.6 Å². The van der Waals surface area contributed by atoms with Crippen molar-refractivity contribution in [2.45, 2.75) is 136 Å². The van der Waals surface area contributed by atoms with Crippen LogP contribution >= 0.6 is 0 Å². The maximum absolute atomic E-state index is 14.1. The number of Topliss-reactive ketones (excluding diaryl/α,β-unsaturated/α-hetero) is 1. The van der Waals surface area contributed by atoms with Crippen LogP contribution in [0.25, 0.3) is 0 Å². The molecular weight excluding hydrogens is 688 g/mol. The lowest BCUT2D eigenvalue weighted by Gasteiger charge is -2.28. The first-order valence-corrected chi connectivity index (χ1v) is 19.5. The number of unbranched alkanes of at least 4 members (excludes halogenated alkanes) is 8. The van der Waals surface area contributed by atoms with Crippen LogP contribution in [0.3, 0.4) is 0 Å². The zero-order chi connectivity index (χ0) is 40.2. The van der Waals surface area contributed by atoms with Crippen LogP contribution in [-0.4, -0.2) is 75.2 Å². The quantitative estimate of drug-likeness (QED) is 0.0406. The van der Waals surface area contributed by atoms with Gasteiger partial charge in [-0.15, -0.1) is 5.92 Å². The fraction of sp³-hybridized carbons (Fsp3) is 0.651. The molecule has 1 aromatic rings. The molecule has 11 heteroatoms. The van der Waals surface area contributed by atoms with Crippen LogP contribution in [0.1, 0.15) is 124 Å². The molecule has 0 aromatic heterocycles. The number of esters is 2.